The number of amides is 3. The van der Waals surface area contributed by atoms with Gasteiger partial charge >= 0.3 is 5.97 Å². The van der Waals surface area contributed by atoms with Gasteiger partial charge in [0.15, 0.2) is 0 Å². The van der Waals surface area contributed by atoms with Gasteiger partial charge in [0, 0.05) is 27.8 Å². The summed E-state index contributed by atoms with van der Waals surface area (Å²) in [6.07, 6.45) is 1.80. The van der Waals surface area contributed by atoms with Crippen molar-refractivity contribution in [1.29, 1.82) is 0 Å². The SMILES string of the molecule is CC[C@H](C)[C@@H]([C@@H](CC(=O)N1CCC[C@H]1[C@H](OC)[C@@H](C)C(=O)O)OC)N(C)C(=O)[C@@H](NC(=O)[C@H]([C@@H](C)CC)N(C)C)C(C)C. The maximum Gasteiger partial charge on any atom is 0.308 e. The third-order valence-corrected chi connectivity index (χ3v) is 9.47. The van der Waals surface area contributed by atoms with E-state index in [-0.39, 0.29) is 54.0 Å². The van der Waals surface area contributed by atoms with Crippen LogP contribution in [0.15, 0.2) is 0 Å². The van der Waals surface area contributed by atoms with Crippen LogP contribution in [0.4, 0.5) is 0 Å². The van der Waals surface area contributed by atoms with Gasteiger partial charge in [-0.25, -0.2) is 0 Å². The second kappa shape index (κ2) is 17.9. The molecular formula is C32H60N4O7. The number of likely N-dealkylation sites (N-methyl/N-ethyl adjacent to an activating group) is 2. The smallest absolute Gasteiger partial charge is 0.308 e. The molecule has 0 aromatic rings. The van der Waals surface area contributed by atoms with Crippen LogP contribution in [0.3, 0.4) is 0 Å². The van der Waals surface area contributed by atoms with Gasteiger partial charge in [0.25, 0.3) is 0 Å². The van der Waals surface area contributed by atoms with E-state index in [1.165, 1.54) is 7.11 Å². The highest BCUT2D eigenvalue weighted by Gasteiger charge is 2.43. The molecule has 43 heavy (non-hydrogen) atoms. The predicted molar refractivity (Wildman–Crippen MR) is 167 cm³/mol. The Balaban J connectivity index is 3.27. The van der Waals surface area contributed by atoms with Crippen molar-refractivity contribution in [2.45, 2.75) is 117 Å². The first-order chi connectivity index (χ1) is 20.1. The maximum absolute atomic E-state index is 14.1. The summed E-state index contributed by atoms with van der Waals surface area (Å²) in [5, 5.41) is 12.6. The summed E-state index contributed by atoms with van der Waals surface area (Å²) in [6.45, 7) is 14.1. The molecule has 11 heteroatoms. The summed E-state index contributed by atoms with van der Waals surface area (Å²) < 4.78 is 11.5. The van der Waals surface area contributed by atoms with Crippen LogP contribution in [-0.4, -0.2) is 122 Å². The fourth-order valence-corrected chi connectivity index (χ4v) is 6.49. The lowest BCUT2D eigenvalue weighted by Crippen LogP contribution is -2.59. The molecule has 0 saturated carbocycles. The minimum Gasteiger partial charge on any atom is -0.481 e. The van der Waals surface area contributed by atoms with Crippen molar-refractivity contribution in [3.8, 4) is 0 Å². The topological polar surface area (TPSA) is 129 Å². The van der Waals surface area contributed by atoms with Crippen molar-refractivity contribution in [3.05, 3.63) is 0 Å². The highest BCUT2D eigenvalue weighted by molar-refractivity contribution is 5.90. The Morgan fingerprint density at radius 1 is 0.953 bits per heavy atom. The van der Waals surface area contributed by atoms with Crippen molar-refractivity contribution < 1.29 is 33.8 Å². The van der Waals surface area contributed by atoms with Crippen molar-refractivity contribution in [1.82, 2.24) is 20.0 Å². The van der Waals surface area contributed by atoms with Crippen LogP contribution in [0.5, 0.6) is 0 Å². The Morgan fingerprint density at radius 3 is 1.98 bits per heavy atom. The van der Waals surface area contributed by atoms with Crippen molar-refractivity contribution in [2.75, 3.05) is 41.9 Å². The number of hydrogen-bond donors (Lipinski definition) is 2. The van der Waals surface area contributed by atoms with Crippen molar-refractivity contribution in [3.63, 3.8) is 0 Å². The molecule has 0 aromatic heterocycles. The second-order valence-electron chi connectivity index (χ2n) is 13.0. The van der Waals surface area contributed by atoms with Crippen molar-refractivity contribution >= 4 is 23.7 Å². The number of ether oxygens (including phenoxy) is 2. The Bertz CT molecular complexity index is 914. The normalized spacial score (nSPS) is 21.1. The predicted octanol–water partition coefficient (Wildman–Crippen LogP) is 3.11. The average molecular weight is 613 g/mol. The first-order valence-electron chi connectivity index (χ1n) is 15.9. The standard InChI is InChI=1S/C32H60N4O7/c1-13-20(5)27(35(10)31(39)26(19(3)4)33-30(38)28(34(8)9)21(6)14-2)24(42-11)18-25(37)36-17-15-16-23(36)29(43-12)22(7)32(40)41/h19-24,26-29H,13-18H2,1-12H3,(H,33,38)(H,40,41)/t20-,21-,22+,23-,24+,26-,27-,28-,29+/m0/s1. The fraction of sp³-hybridized carbons (Fsp3) is 0.875. The minimum absolute atomic E-state index is 0.00187. The molecule has 250 valence electrons. The molecule has 1 aliphatic heterocycles. The van der Waals surface area contributed by atoms with E-state index in [9.17, 15) is 24.3 Å². The highest BCUT2D eigenvalue weighted by atomic mass is 16.5. The number of carboxylic acids is 1. The van der Waals surface area contributed by atoms with Gasteiger partial charge in [0.2, 0.25) is 17.7 Å². The molecule has 1 heterocycles. The van der Waals surface area contributed by atoms with Crippen molar-refractivity contribution in [2.24, 2.45) is 23.7 Å². The largest absolute Gasteiger partial charge is 0.481 e. The molecule has 0 radical (unpaired) electrons. The van der Waals surface area contributed by atoms with Crippen LogP contribution in [0, 0.1) is 23.7 Å². The molecule has 0 bridgehead atoms. The number of rotatable bonds is 18. The third-order valence-electron chi connectivity index (χ3n) is 9.47. The molecule has 1 saturated heterocycles. The summed E-state index contributed by atoms with van der Waals surface area (Å²) in [5.41, 5.74) is 0. The number of carbonyl (C=O) groups is 4. The monoisotopic (exact) mass is 612 g/mol. The quantitative estimate of drug-likeness (QED) is 0.242. The van der Waals surface area contributed by atoms with E-state index in [1.807, 2.05) is 60.5 Å². The van der Waals surface area contributed by atoms with Gasteiger partial charge in [0.1, 0.15) is 6.04 Å². The van der Waals surface area contributed by atoms with Crippen LogP contribution < -0.4 is 5.32 Å². The third kappa shape index (κ3) is 9.88. The summed E-state index contributed by atoms with van der Waals surface area (Å²) in [4.78, 5) is 58.2. The van der Waals surface area contributed by atoms with Crippen LogP contribution in [0.1, 0.15) is 80.6 Å². The summed E-state index contributed by atoms with van der Waals surface area (Å²) in [5.74, 6) is -2.35. The molecular weight excluding hydrogens is 552 g/mol. The number of carbonyl (C=O) groups excluding carboxylic acids is 3. The molecule has 9 atom stereocenters. The first-order valence-corrected chi connectivity index (χ1v) is 15.9. The zero-order valence-electron chi connectivity index (χ0n) is 28.8. The van der Waals surface area contributed by atoms with E-state index in [0.717, 1.165) is 19.3 Å². The number of nitrogens with one attached hydrogen (secondary N) is 1. The van der Waals surface area contributed by atoms with E-state index in [2.05, 4.69) is 5.32 Å². The van der Waals surface area contributed by atoms with Gasteiger partial charge in [-0.1, -0.05) is 54.4 Å². The number of aliphatic carboxylic acids is 1. The molecule has 3 amide bonds. The van der Waals surface area contributed by atoms with Gasteiger partial charge < -0.3 is 29.7 Å². The van der Waals surface area contributed by atoms with Crippen LogP contribution >= 0.6 is 0 Å². The second-order valence-corrected chi connectivity index (χ2v) is 13.0. The Labute approximate surface area is 260 Å². The van der Waals surface area contributed by atoms with Crippen LogP contribution in [0.25, 0.3) is 0 Å². The molecule has 0 unspecified atom stereocenters. The lowest BCUT2D eigenvalue weighted by atomic mass is 9.89. The molecule has 0 aliphatic carbocycles. The fourth-order valence-electron chi connectivity index (χ4n) is 6.49. The minimum atomic E-state index is -0.967. The van der Waals surface area contributed by atoms with E-state index in [4.69, 9.17) is 9.47 Å². The summed E-state index contributed by atoms with van der Waals surface area (Å²) in [7, 11) is 8.50. The molecule has 1 fully saturated rings. The van der Waals surface area contributed by atoms with Gasteiger partial charge in [-0.2, -0.15) is 0 Å². The maximum atomic E-state index is 14.1. The van der Waals surface area contributed by atoms with Gasteiger partial charge in [-0.3, -0.25) is 24.1 Å². The Morgan fingerprint density at radius 2 is 1.53 bits per heavy atom. The van der Waals surface area contributed by atoms with Gasteiger partial charge in [-0.05, 0) is 51.6 Å². The summed E-state index contributed by atoms with van der Waals surface area (Å²) >= 11 is 0. The lowest BCUT2D eigenvalue weighted by Gasteiger charge is -2.41. The molecule has 1 aliphatic rings. The van der Waals surface area contributed by atoms with E-state index in [0.29, 0.717) is 13.0 Å². The van der Waals surface area contributed by atoms with E-state index < -0.39 is 36.2 Å². The number of methoxy groups -OCH3 is 2. The van der Waals surface area contributed by atoms with Crippen LogP contribution in [0.2, 0.25) is 0 Å². The lowest BCUT2D eigenvalue weighted by molar-refractivity contribution is -0.152. The van der Waals surface area contributed by atoms with Gasteiger partial charge in [-0.15, -0.1) is 0 Å². The zero-order chi connectivity index (χ0) is 33.2. The molecule has 1 rings (SSSR count). The van der Waals surface area contributed by atoms with Crippen LogP contribution in [-0.2, 0) is 28.7 Å². The first kappa shape index (κ1) is 38.8. The molecule has 11 nitrogen and oxygen atoms in total. The number of carboxylic acid groups (broad SMARTS) is 1. The Kier molecular flexibility index (Phi) is 16.1. The number of hydrogen-bond acceptors (Lipinski definition) is 7. The zero-order valence-corrected chi connectivity index (χ0v) is 28.8. The molecule has 0 aromatic carbocycles. The molecule has 0 spiro atoms. The highest BCUT2D eigenvalue weighted by Crippen LogP contribution is 2.29. The van der Waals surface area contributed by atoms with E-state index >= 15 is 0 Å². The van der Waals surface area contributed by atoms with Gasteiger partial charge in [0.05, 0.1) is 42.7 Å². The average Bonchev–Trinajstić information content (AvgIpc) is 3.44. The number of likely N-dealkylation sites (tertiary alicyclic amines) is 1. The molecule has 2 N–H and O–H groups in total. The van der Waals surface area contributed by atoms with E-state index in [1.54, 1.807) is 30.9 Å². The summed E-state index contributed by atoms with van der Waals surface area (Å²) in [6, 6.07) is -1.89. The number of nitrogens with zero attached hydrogens (tertiary/aromatic N) is 3. The Hall–Kier alpha value is -2.24.